The topological polar surface area (TPSA) is 45.2 Å². The maximum atomic E-state index is 11.8. The summed E-state index contributed by atoms with van der Waals surface area (Å²) < 4.78 is 0. The van der Waals surface area contributed by atoms with Gasteiger partial charge in [0.15, 0.2) is 0 Å². The average molecular weight is 239 g/mol. The average Bonchev–Trinajstić information content (AvgIpc) is 2.90. The van der Waals surface area contributed by atoms with Crippen molar-refractivity contribution in [1.29, 1.82) is 0 Å². The molecule has 1 saturated carbocycles. The molecule has 2 rings (SSSR count). The number of carbonyl (C=O) groups is 1. The van der Waals surface area contributed by atoms with Gasteiger partial charge in [0.2, 0.25) is 0 Å². The summed E-state index contributed by atoms with van der Waals surface area (Å²) in [6, 6.07) is 0.397. The molecule has 0 atom stereocenters. The van der Waals surface area contributed by atoms with Gasteiger partial charge in [0.25, 0.3) is 0 Å². The van der Waals surface area contributed by atoms with Gasteiger partial charge in [-0.1, -0.05) is 12.8 Å². The smallest absolute Gasteiger partial charge is 0.317 e. The zero-order valence-electron chi connectivity index (χ0n) is 9.48. The van der Waals surface area contributed by atoms with Gasteiger partial charge in [0.1, 0.15) is 5.01 Å². The van der Waals surface area contributed by atoms with Gasteiger partial charge >= 0.3 is 6.03 Å². The summed E-state index contributed by atoms with van der Waals surface area (Å²) in [5.74, 6) is 0. The van der Waals surface area contributed by atoms with Crippen molar-refractivity contribution in [2.24, 2.45) is 0 Å². The van der Waals surface area contributed by atoms with Gasteiger partial charge in [0.05, 0.1) is 6.54 Å². The first-order chi connectivity index (χ1) is 7.75. The minimum absolute atomic E-state index is 0.0158. The van der Waals surface area contributed by atoms with Gasteiger partial charge in [-0.2, -0.15) is 0 Å². The van der Waals surface area contributed by atoms with Gasteiger partial charge < -0.3 is 10.2 Å². The normalized spacial score (nSPS) is 16.3. The van der Waals surface area contributed by atoms with Crippen molar-refractivity contribution < 1.29 is 4.79 Å². The number of rotatable bonds is 3. The molecule has 0 unspecified atom stereocenters. The molecule has 0 aromatic carbocycles. The van der Waals surface area contributed by atoms with E-state index in [1.165, 1.54) is 12.8 Å². The number of urea groups is 1. The first-order valence-electron chi connectivity index (χ1n) is 5.65. The van der Waals surface area contributed by atoms with Crippen molar-refractivity contribution in [3.05, 3.63) is 16.6 Å². The molecular formula is C11H17N3OS. The summed E-state index contributed by atoms with van der Waals surface area (Å²) in [6.45, 7) is 0.593. The van der Waals surface area contributed by atoms with Gasteiger partial charge in [-0.15, -0.1) is 11.3 Å². The summed E-state index contributed by atoms with van der Waals surface area (Å²) in [4.78, 5) is 17.7. The Morgan fingerprint density at radius 1 is 1.62 bits per heavy atom. The number of thiazole rings is 1. The van der Waals surface area contributed by atoms with Crippen LogP contribution in [0, 0.1) is 0 Å². The van der Waals surface area contributed by atoms with Crippen molar-refractivity contribution in [2.45, 2.75) is 38.3 Å². The molecule has 16 heavy (non-hydrogen) atoms. The van der Waals surface area contributed by atoms with Crippen LogP contribution in [0.3, 0.4) is 0 Å². The Labute approximate surface area is 99.7 Å². The van der Waals surface area contributed by atoms with E-state index in [9.17, 15) is 4.79 Å². The lowest BCUT2D eigenvalue weighted by Gasteiger charge is -2.19. The second-order valence-electron chi connectivity index (χ2n) is 4.21. The number of aromatic nitrogens is 1. The third-order valence-corrected chi connectivity index (χ3v) is 3.65. The second-order valence-corrected chi connectivity index (χ2v) is 5.19. The van der Waals surface area contributed by atoms with Crippen LogP contribution in [0.15, 0.2) is 11.6 Å². The molecule has 1 N–H and O–H groups in total. The Morgan fingerprint density at radius 3 is 3.00 bits per heavy atom. The lowest BCUT2D eigenvalue weighted by molar-refractivity contribution is 0.202. The van der Waals surface area contributed by atoms with Crippen LogP contribution in [0.25, 0.3) is 0 Å². The molecular weight excluding hydrogens is 222 g/mol. The molecule has 1 aromatic heterocycles. The van der Waals surface area contributed by atoms with Crippen LogP contribution in [0.5, 0.6) is 0 Å². The summed E-state index contributed by atoms with van der Waals surface area (Å²) >= 11 is 1.58. The van der Waals surface area contributed by atoms with Crippen molar-refractivity contribution in [2.75, 3.05) is 7.05 Å². The predicted molar refractivity (Wildman–Crippen MR) is 64.4 cm³/mol. The molecule has 4 nitrogen and oxygen atoms in total. The molecule has 0 aliphatic heterocycles. The molecule has 0 bridgehead atoms. The summed E-state index contributed by atoms with van der Waals surface area (Å²) in [5.41, 5.74) is 0. The van der Waals surface area contributed by atoms with Gasteiger partial charge in [-0.25, -0.2) is 9.78 Å². The minimum Gasteiger partial charge on any atom is -0.335 e. The first-order valence-corrected chi connectivity index (χ1v) is 6.53. The van der Waals surface area contributed by atoms with Crippen LogP contribution >= 0.6 is 11.3 Å². The summed E-state index contributed by atoms with van der Waals surface area (Å²) in [7, 11) is 1.81. The molecule has 0 radical (unpaired) electrons. The SMILES string of the molecule is CN(Cc1nccs1)C(=O)NC1CCCC1. The Hall–Kier alpha value is -1.10. The van der Waals surface area contributed by atoms with E-state index in [2.05, 4.69) is 10.3 Å². The summed E-state index contributed by atoms with van der Waals surface area (Å²) in [6.07, 6.45) is 6.48. The van der Waals surface area contributed by atoms with E-state index >= 15 is 0 Å². The number of carbonyl (C=O) groups excluding carboxylic acids is 1. The van der Waals surface area contributed by atoms with Crippen LogP contribution < -0.4 is 5.32 Å². The van der Waals surface area contributed by atoms with Crippen LogP contribution in [0.4, 0.5) is 4.79 Å². The standard InChI is InChI=1S/C11H17N3OS/c1-14(8-10-12-6-7-16-10)11(15)13-9-4-2-3-5-9/h6-7,9H,2-5,8H2,1H3,(H,13,15). The molecule has 1 fully saturated rings. The van der Waals surface area contributed by atoms with Gasteiger partial charge in [0, 0.05) is 24.7 Å². The molecule has 1 heterocycles. The maximum absolute atomic E-state index is 11.8. The number of hydrogen-bond acceptors (Lipinski definition) is 3. The number of nitrogens with zero attached hydrogens (tertiary/aromatic N) is 2. The highest BCUT2D eigenvalue weighted by Gasteiger charge is 2.19. The third-order valence-electron chi connectivity index (χ3n) is 2.89. The van der Waals surface area contributed by atoms with E-state index in [-0.39, 0.29) is 6.03 Å². The van der Waals surface area contributed by atoms with Crippen molar-refractivity contribution in [3.63, 3.8) is 0 Å². The predicted octanol–water partition coefficient (Wildman–Crippen LogP) is 2.23. The van der Waals surface area contributed by atoms with E-state index in [1.54, 1.807) is 22.4 Å². The van der Waals surface area contributed by atoms with E-state index < -0.39 is 0 Å². The number of amides is 2. The molecule has 1 aliphatic carbocycles. The van der Waals surface area contributed by atoms with Crippen LogP contribution in [-0.4, -0.2) is 29.0 Å². The fourth-order valence-corrected chi connectivity index (χ4v) is 2.63. The molecule has 0 spiro atoms. The van der Waals surface area contributed by atoms with Gasteiger partial charge in [-0.3, -0.25) is 0 Å². The molecule has 5 heteroatoms. The Kier molecular flexibility index (Phi) is 3.77. The molecule has 0 saturated heterocycles. The second kappa shape index (κ2) is 5.30. The highest BCUT2D eigenvalue weighted by atomic mass is 32.1. The number of nitrogens with one attached hydrogen (secondary N) is 1. The van der Waals surface area contributed by atoms with Crippen molar-refractivity contribution in [3.8, 4) is 0 Å². The monoisotopic (exact) mass is 239 g/mol. The lowest BCUT2D eigenvalue weighted by Crippen LogP contribution is -2.41. The molecule has 1 aliphatic rings. The van der Waals surface area contributed by atoms with Crippen molar-refractivity contribution in [1.82, 2.24) is 15.2 Å². The van der Waals surface area contributed by atoms with Crippen molar-refractivity contribution >= 4 is 17.4 Å². The Bertz CT molecular complexity index is 333. The maximum Gasteiger partial charge on any atom is 0.317 e. The first kappa shape index (κ1) is 11.4. The molecule has 1 aromatic rings. The van der Waals surface area contributed by atoms with E-state index in [0.717, 1.165) is 17.8 Å². The zero-order chi connectivity index (χ0) is 11.4. The van der Waals surface area contributed by atoms with Crippen LogP contribution in [0.2, 0.25) is 0 Å². The Morgan fingerprint density at radius 2 is 2.38 bits per heavy atom. The Balaban J connectivity index is 1.79. The van der Waals surface area contributed by atoms with E-state index in [4.69, 9.17) is 0 Å². The summed E-state index contributed by atoms with van der Waals surface area (Å²) in [5, 5.41) is 5.96. The fraction of sp³-hybridized carbons (Fsp3) is 0.636. The van der Waals surface area contributed by atoms with Crippen LogP contribution in [0.1, 0.15) is 30.7 Å². The fourth-order valence-electron chi connectivity index (χ4n) is 1.96. The highest BCUT2D eigenvalue weighted by molar-refractivity contribution is 7.09. The zero-order valence-corrected chi connectivity index (χ0v) is 10.3. The quantitative estimate of drug-likeness (QED) is 0.879. The molecule has 88 valence electrons. The minimum atomic E-state index is 0.0158. The van der Waals surface area contributed by atoms with Crippen LogP contribution in [-0.2, 0) is 6.54 Å². The lowest BCUT2D eigenvalue weighted by atomic mass is 10.2. The van der Waals surface area contributed by atoms with E-state index in [1.807, 2.05) is 12.4 Å². The van der Waals surface area contributed by atoms with Gasteiger partial charge in [-0.05, 0) is 12.8 Å². The van der Waals surface area contributed by atoms with E-state index in [0.29, 0.717) is 12.6 Å². The number of hydrogen-bond donors (Lipinski definition) is 1. The third kappa shape index (κ3) is 2.95. The molecule has 2 amide bonds. The highest BCUT2D eigenvalue weighted by Crippen LogP contribution is 2.18. The largest absolute Gasteiger partial charge is 0.335 e.